The van der Waals surface area contributed by atoms with Crippen molar-refractivity contribution in [3.63, 3.8) is 0 Å². The lowest BCUT2D eigenvalue weighted by molar-refractivity contribution is 0.109. The minimum atomic E-state index is 0.502. The van der Waals surface area contributed by atoms with Gasteiger partial charge in [-0.15, -0.1) is 0 Å². The number of hydrogen-bond donors (Lipinski definition) is 1. The highest BCUT2D eigenvalue weighted by Gasteiger charge is 2.17. The van der Waals surface area contributed by atoms with Crippen molar-refractivity contribution < 1.29 is 4.74 Å². The minimum Gasteiger partial charge on any atom is -0.383 e. The van der Waals surface area contributed by atoms with Crippen molar-refractivity contribution in [3.8, 4) is 11.4 Å². The van der Waals surface area contributed by atoms with Gasteiger partial charge in [-0.3, -0.25) is 0 Å². The molecule has 1 aliphatic heterocycles. The lowest BCUT2D eigenvalue weighted by Crippen LogP contribution is -2.16. The summed E-state index contributed by atoms with van der Waals surface area (Å²) in [6, 6.07) is 7.42. The molecule has 0 atom stereocenters. The van der Waals surface area contributed by atoms with E-state index in [0.717, 1.165) is 23.2 Å². The molecule has 2 heterocycles. The summed E-state index contributed by atoms with van der Waals surface area (Å²) in [6.07, 6.45) is 0.780. The number of nitrogens with zero attached hydrogens (tertiary/aromatic N) is 2. The standard InChI is InChI=1S/C13H12ClN3O/c14-9-3-1-8(2-4-9)13-16-11-5-6-18-7-10(11)12(15)17-13/h1-4H,5-7H2,(H2,15,16,17). The molecule has 0 saturated heterocycles. The molecule has 18 heavy (non-hydrogen) atoms. The van der Waals surface area contributed by atoms with E-state index < -0.39 is 0 Å². The van der Waals surface area contributed by atoms with Gasteiger partial charge in [0.05, 0.1) is 18.9 Å². The monoisotopic (exact) mass is 261 g/mol. The molecule has 0 radical (unpaired) electrons. The number of hydrogen-bond acceptors (Lipinski definition) is 4. The quantitative estimate of drug-likeness (QED) is 0.857. The molecule has 2 N–H and O–H groups in total. The summed E-state index contributed by atoms with van der Waals surface area (Å²) in [5.74, 6) is 1.15. The fourth-order valence-electron chi connectivity index (χ4n) is 1.98. The second kappa shape index (κ2) is 4.55. The first-order chi connectivity index (χ1) is 8.74. The number of nitrogen functional groups attached to an aromatic ring is 1. The summed E-state index contributed by atoms with van der Waals surface area (Å²) < 4.78 is 5.36. The van der Waals surface area contributed by atoms with Crippen LogP contribution in [0, 0.1) is 0 Å². The van der Waals surface area contributed by atoms with Crippen molar-refractivity contribution in [1.82, 2.24) is 9.97 Å². The molecule has 0 aliphatic carbocycles. The zero-order chi connectivity index (χ0) is 12.5. The van der Waals surface area contributed by atoms with Gasteiger partial charge in [-0.25, -0.2) is 9.97 Å². The van der Waals surface area contributed by atoms with E-state index >= 15 is 0 Å². The molecule has 1 aliphatic rings. The molecule has 92 valence electrons. The molecule has 1 aromatic heterocycles. The molecule has 0 saturated carbocycles. The van der Waals surface area contributed by atoms with Crippen LogP contribution in [0.15, 0.2) is 24.3 Å². The normalized spacial score (nSPS) is 14.3. The van der Waals surface area contributed by atoms with Crippen LogP contribution in [0.25, 0.3) is 11.4 Å². The van der Waals surface area contributed by atoms with Gasteiger partial charge in [-0.1, -0.05) is 11.6 Å². The Kier molecular flexibility index (Phi) is 2.89. The second-order valence-corrected chi connectivity index (χ2v) is 4.60. The molecular formula is C13H12ClN3O. The third kappa shape index (κ3) is 2.05. The minimum absolute atomic E-state index is 0.502. The van der Waals surface area contributed by atoms with Crippen molar-refractivity contribution in [2.24, 2.45) is 0 Å². The van der Waals surface area contributed by atoms with Crippen molar-refractivity contribution in [3.05, 3.63) is 40.5 Å². The third-order valence-corrected chi connectivity index (χ3v) is 3.21. The predicted molar refractivity (Wildman–Crippen MR) is 70.3 cm³/mol. The topological polar surface area (TPSA) is 61.0 Å². The first-order valence-electron chi connectivity index (χ1n) is 5.73. The van der Waals surface area contributed by atoms with E-state index in [0.29, 0.717) is 29.9 Å². The Morgan fingerprint density at radius 3 is 2.72 bits per heavy atom. The Morgan fingerprint density at radius 2 is 1.94 bits per heavy atom. The number of nitrogens with two attached hydrogens (primary N) is 1. The lowest BCUT2D eigenvalue weighted by atomic mass is 10.1. The van der Waals surface area contributed by atoms with Crippen LogP contribution < -0.4 is 5.73 Å². The smallest absolute Gasteiger partial charge is 0.161 e. The average molecular weight is 262 g/mol. The maximum Gasteiger partial charge on any atom is 0.161 e. The third-order valence-electron chi connectivity index (χ3n) is 2.96. The van der Waals surface area contributed by atoms with E-state index in [9.17, 15) is 0 Å². The zero-order valence-corrected chi connectivity index (χ0v) is 10.4. The molecule has 1 aromatic carbocycles. The van der Waals surface area contributed by atoms with Gasteiger partial charge in [0.15, 0.2) is 5.82 Å². The summed E-state index contributed by atoms with van der Waals surface area (Å²) in [6.45, 7) is 1.19. The summed E-state index contributed by atoms with van der Waals surface area (Å²) >= 11 is 5.86. The molecule has 0 amide bonds. The van der Waals surface area contributed by atoms with Crippen LogP contribution in [0.3, 0.4) is 0 Å². The predicted octanol–water partition coefficient (Wildman–Crippen LogP) is 2.45. The Morgan fingerprint density at radius 1 is 1.17 bits per heavy atom. The second-order valence-electron chi connectivity index (χ2n) is 4.17. The van der Waals surface area contributed by atoms with Crippen molar-refractivity contribution in [2.45, 2.75) is 13.0 Å². The molecule has 0 fully saturated rings. The number of ether oxygens (including phenoxy) is 1. The highest BCUT2D eigenvalue weighted by molar-refractivity contribution is 6.30. The van der Waals surface area contributed by atoms with Gasteiger partial charge in [0, 0.05) is 22.6 Å². The molecule has 0 spiro atoms. The van der Waals surface area contributed by atoms with Crippen LogP contribution in [0.5, 0.6) is 0 Å². The van der Waals surface area contributed by atoms with Gasteiger partial charge in [-0.05, 0) is 24.3 Å². The van der Waals surface area contributed by atoms with Crippen LogP contribution in [-0.2, 0) is 17.8 Å². The Labute approximate surface area is 110 Å². The molecular weight excluding hydrogens is 250 g/mol. The summed E-state index contributed by atoms with van der Waals surface area (Å²) in [7, 11) is 0. The lowest BCUT2D eigenvalue weighted by Gasteiger charge is -2.17. The number of anilines is 1. The molecule has 0 bridgehead atoms. The van der Waals surface area contributed by atoms with Gasteiger partial charge in [0.2, 0.25) is 0 Å². The van der Waals surface area contributed by atoms with Gasteiger partial charge in [0.1, 0.15) is 5.82 Å². The number of aromatic nitrogens is 2. The van der Waals surface area contributed by atoms with E-state index in [4.69, 9.17) is 22.1 Å². The van der Waals surface area contributed by atoms with E-state index in [1.54, 1.807) is 0 Å². The molecule has 2 aromatic rings. The van der Waals surface area contributed by atoms with Gasteiger partial charge in [-0.2, -0.15) is 0 Å². The summed E-state index contributed by atoms with van der Waals surface area (Å²) in [4.78, 5) is 8.89. The van der Waals surface area contributed by atoms with E-state index in [1.165, 1.54) is 0 Å². The molecule has 0 unspecified atom stereocenters. The first-order valence-corrected chi connectivity index (χ1v) is 6.11. The fraction of sp³-hybridized carbons (Fsp3) is 0.231. The largest absolute Gasteiger partial charge is 0.383 e. The van der Waals surface area contributed by atoms with Crippen LogP contribution in [0.1, 0.15) is 11.3 Å². The zero-order valence-electron chi connectivity index (χ0n) is 9.69. The van der Waals surface area contributed by atoms with Crippen molar-refractivity contribution in [2.75, 3.05) is 12.3 Å². The first kappa shape index (κ1) is 11.4. The number of rotatable bonds is 1. The highest BCUT2D eigenvalue weighted by atomic mass is 35.5. The van der Waals surface area contributed by atoms with Crippen LogP contribution >= 0.6 is 11.6 Å². The highest BCUT2D eigenvalue weighted by Crippen LogP contribution is 2.25. The van der Waals surface area contributed by atoms with Gasteiger partial charge < -0.3 is 10.5 Å². The van der Waals surface area contributed by atoms with Crippen LogP contribution in [0.4, 0.5) is 5.82 Å². The van der Waals surface area contributed by atoms with E-state index in [-0.39, 0.29) is 0 Å². The van der Waals surface area contributed by atoms with Crippen molar-refractivity contribution in [1.29, 1.82) is 0 Å². The van der Waals surface area contributed by atoms with Crippen LogP contribution in [-0.4, -0.2) is 16.6 Å². The Hall–Kier alpha value is -1.65. The Bertz CT molecular complexity index is 584. The Balaban J connectivity index is 2.08. The number of fused-ring (bicyclic) bond motifs is 1. The molecule has 4 nitrogen and oxygen atoms in total. The fourth-order valence-corrected chi connectivity index (χ4v) is 2.11. The van der Waals surface area contributed by atoms with Crippen molar-refractivity contribution >= 4 is 17.4 Å². The summed E-state index contributed by atoms with van der Waals surface area (Å²) in [5.41, 5.74) is 8.77. The maximum absolute atomic E-state index is 5.95. The van der Waals surface area contributed by atoms with Gasteiger partial charge >= 0.3 is 0 Å². The summed E-state index contributed by atoms with van der Waals surface area (Å²) in [5, 5.41) is 0.693. The SMILES string of the molecule is Nc1nc(-c2ccc(Cl)cc2)nc2c1COCC2. The number of benzene rings is 1. The van der Waals surface area contributed by atoms with E-state index in [1.807, 2.05) is 24.3 Å². The number of halogens is 1. The molecule has 5 heteroatoms. The van der Waals surface area contributed by atoms with Crippen LogP contribution in [0.2, 0.25) is 5.02 Å². The van der Waals surface area contributed by atoms with Gasteiger partial charge in [0.25, 0.3) is 0 Å². The maximum atomic E-state index is 5.95. The molecule has 3 rings (SSSR count). The van der Waals surface area contributed by atoms with E-state index in [2.05, 4.69) is 9.97 Å². The average Bonchev–Trinajstić information content (AvgIpc) is 2.39.